The highest BCUT2D eigenvalue weighted by Gasteiger charge is 2.48. The summed E-state index contributed by atoms with van der Waals surface area (Å²) < 4.78 is 27.2. The van der Waals surface area contributed by atoms with E-state index in [0.717, 1.165) is 0 Å². The van der Waals surface area contributed by atoms with Gasteiger partial charge >= 0.3 is 17.9 Å². The second-order valence-electron chi connectivity index (χ2n) is 7.59. The summed E-state index contributed by atoms with van der Waals surface area (Å²) >= 11 is 12.0. The molecule has 1 fully saturated rings. The van der Waals surface area contributed by atoms with Gasteiger partial charge in [-0.05, 0) is 42.5 Å². The van der Waals surface area contributed by atoms with Gasteiger partial charge in [0.1, 0.15) is 5.75 Å². The second-order valence-corrected chi connectivity index (χ2v) is 8.44. The molecule has 35 heavy (non-hydrogen) atoms. The molecular weight excluding hydrogens is 503 g/mol. The van der Waals surface area contributed by atoms with Crippen LogP contribution >= 0.6 is 23.2 Å². The number of esters is 3. The first-order chi connectivity index (χ1) is 16.5. The predicted octanol–water partition coefficient (Wildman–Crippen LogP) is 3.75. The first-order valence-corrected chi connectivity index (χ1v) is 11.2. The molecule has 2 aromatic carbocycles. The van der Waals surface area contributed by atoms with Crippen molar-refractivity contribution in [2.24, 2.45) is 0 Å². The zero-order valence-electron chi connectivity index (χ0n) is 19.0. The van der Waals surface area contributed by atoms with Crippen LogP contribution < -0.4 is 4.74 Å². The van der Waals surface area contributed by atoms with Crippen LogP contribution in [0.5, 0.6) is 5.75 Å². The van der Waals surface area contributed by atoms with E-state index in [4.69, 9.17) is 46.9 Å². The van der Waals surface area contributed by atoms with Crippen molar-refractivity contribution in [2.45, 2.75) is 45.4 Å². The number of hydrogen-bond acceptors (Lipinski definition) is 9. The molecule has 1 saturated heterocycles. The maximum atomic E-state index is 12.8. The van der Waals surface area contributed by atoms with Gasteiger partial charge in [0, 0.05) is 36.9 Å². The number of hydrogen-bond donors (Lipinski definition) is 0. The van der Waals surface area contributed by atoms with E-state index in [0.29, 0.717) is 10.6 Å². The third kappa shape index (κ3) is 6.94. The largest absolute Gasteiger partial charge is 0.461 e. The van der Waals surface area contributed by atoms with Gasteiger partial charge in [-0.25, -0.2) is 0 Å². The van der Waals surface area contributed by atoms with Gasteiger partial charge in [-0.15, -0.1) is 0 Å². The van der Waals surface area contributed by atoms with Gasteiger partial charge in [0.2, 0.25) is 12.4 Å². The number of benzene rings is 2. The zero-order valence-corrected chi connectivity index (χ0v) is 20.5. The van der Waals surface area contributed by atoms with E-state index in [9.17, 15) is 19.2 Å². The van der Waals surface area contributed by atoms with Crippen LogP contribution in [0.1, 0.15) is 36.7 Å². The van der Waals surface area contributed by atoms with Crippen molar-refractivity contribution in [3.05, 3.63) is 63.6 Å². The highest BCUT2D eigenvalue weighted by Crippen LogP contribution is 2.28. The Morgan fingerprint density at radius 3 is 2.00 bits per heavy atom. The predicted molar refractivity (Wildman–Crippen MR) is 123 cm³/mol. The molecular formula is C24H22Cl2O9. The molecule has 4 atom stereocenters. The van der Waals surface area contributed by atoms with Gasteiger partial charge in [-0.3, -0.25) is 19.2 Å². The molecule has 0 unspecified atom stereocenters. The lowest BCUT2D eigenvalue weighted by atomic mass is 10.0. The minimum Gasteiger partial charge on any atom is -0.461 e. The van der Waals surface area contributed by atoms with Gasteiger partial charge < -0.3 is 23.7 Å². The van der Waals surface area contributed by atoms with Gasteiger partial charge in [-0.2, -0.15) is 0 Å². The molecule has 1 aliphatic heterocycles. The van der Waals surface area contributed by atoms with E-state index in [1.807, 2.05) is 0 Å². The van der Waals surface area contributed by atoms with Crippen LogP contribution in [0.25, 0.3) is 0 Å². The lowest BCUT2D eigenvalue weighted by Crippen LogP contribution is -2.59. The van der Waals surface area contributed by atoms with Crippen molar-refractivity contribution in [3.63, 3.8) is 0 Å². The minimum atomic E-state index is -1.23. The summed E-state index contributed by atoms with van der Waals surface area (Å²) in [5.74, 6) is -2.03. The molecule has 0 aliphatic carbocycles. The van der Waals surface area contributed by atoms with Gasteiger partial charge in [0.15, 0.2) is 18.0 Å². The van der Waals surface area contributed by atoms with Crippen LogP contribution in [0.4, 0.5) is 0 Å². The molecule has 2 aromatic rings. The molecule has 0 amide bonds. The molecule has 0 aromatic heterocycles. The molecule has 1 aliphatic rings. The number of rotatable bonds is 7. The van der Waals surface area contributed by atoms with Crippen LogP contribution in [0.3, 0.4) is 0 Å². The molecule has 0 saturated carbocycles. The Kier molecular flexibility index (Phi) is 8.71. The van der Waals surface area contributed by atoms with E-state index >= 15 is 0 Å². The highest BCUT2D eigenvalue weighted by molar-refractivity contribution is 6.37. The molecule has 0 radical (unpaired) electrons. The second kappa shape index (κ2) is 11.5. The molecule has 9 nitrogen and oxygen atoms in total. The van der Waals surface area contributed by atoms with Crippen LogP contribution in [0, 0.1) is 0 Å². The van der Waals surface area contributed by atoms with Crippen molar-refractivity contribution in [2.75, 3.05) is 6.61 Å². The molecule has 3 rings (SSSR count). The van der Waals surface area contributed by atoms with E-state index in [1.165, 1.54) is 57.2 Å². The number of halogens is 2. The first-order valence-electron chi connectivity index (χ1n) is 10.4. The maximum Gasteiger partial charge on any atom is 0.303 e. The standard InChI is InChI=1S/C24H22Cl2O9/c1-12(27)32-20-11-31-24(23(34-14(3)29)22(20)33-13(2)28)35-17-7-4-15(5-8-17)21(30)18-9-6-16(25)10-19(18)26/h4-10,20,22-24H,11H2,1-3H3/t20-,22+,23-,24+/m1/s1. The Morgan fingerprint density at radius 2 is 1.43 bits per heavy atom. The fraction of sp³-hybridized carbons (Fsp3) is 0.333. The summed E-state index contributed by atoms with van der Waals surface area (Å²) in [5.41, 5.74) is 0.631. The van der Waals surface area contributed by atoms with Crippen molar-refractivity contribution < 1.29 is 42.9 Å². The lowest BCUT2D eigenvalue weighted by Gasteiger charge is -2.40. The topological polar surface area (TPSA) is 114 Å². The van der Waals surface area contributed by atoms with Crippen LogP contribution in [0.2, 0.25) is 10.0 Å². The Balaban J connectivity index is 1.80. The molecule has 0 spiro atoms. The normalized spacial score (nSPS) is 21.5. The SMILES string of the molecule is CC(=O)O[C@@H]1[C@@H](OC(C)=O)[C@H](Oc2ccc(C(=O)c3ccc(Cl)cc3Cl)cc2)OC[C@H]1OC(C)=O. The summed E-state index contributed by atoms with van der Waals surface area (Å²) in [6, 6.07) is 10.7. The molecule has 11 heteroatoms. The summed E-state index contributed by atoms with van der Waals surface area (Å²) in [5, 5.41) is 0.634. The Morgan fingerprint density at radius 1 is 0.829 bits per heavy atom. The Bertz CT molecular complexity index is 1120. The monoisotopic (exact) mass is 524 g/mol. The highest BCUT2D eigenvalue weighted by atomic mass is 35.5. The third-order valence-corrected chi connectivity index (χ3v) is 5.40. The minimum absolute atomic E-state index is 0.175. The van der Waals surface area contributed by atoms with Crippen LogP contribution in [-0.4, -0.2) is 54.9 Å². The quantitative estimate of drug-likeness (QED) is 0.303. The van der Waals surface area contributed by atoms with Crippen molar-refractivity contribution >= 4 is 46.9 Å². The summed E-state index contributed by atoms with van der Waals surface area (Å²) in [6.07, 6.45) is -4.59. The van der Waals surface area contributed by atoms with Gasteiger partial charge in [0.25, 0.3) is 0 Å². The number of ketones is 1. The van der Waals surface area contributed by atoms with E-state index in [2.05, 4.69) is 0 Å². The molecule has 0 bridgehead atoms. The Labute approximate surface area is 211 Å². The smallest absolute Gasteiger partial charge is 0.303 e. The maximum absolute atomic E-state index is 12.8. The van der Waals surface area contributed by atoms with Crippen LogP contribution in [-0.2, 0) is 33.3 Å². The molecule has 0 N–H and O–H groups in total. The molecule has 1 heterocycles. The zero-order chi connectivity index (χ0) is 25.7. The van der Waals surface area contributed by atoms with Crippen molar-refractivity contribution in [1.82, 2.24) is 0 Å². The van der Waals surface area contributed by atoms with Crippen molar-refractivity contribution in [3.8, 4) is 5.75 Å². The third-order valence-electron chi connectivity index (χ3n) is 4.85. The average molecular weight is 525 g/mol. The first kappa shape index (κ1) is 26.5. The fourth-order valence-electron chi connectivity index (χ4n) is 3.46. The summed E-state index contributed by atoms with van der Waals surface area (Å²) in [7, 11) is 0. The van der Waals surface area contributed by atoms with Crippen LogP contribution in [0.15, 0.2) is 42.5 Å². The lowest BCUT2D eigenvalue weighted by molar-refractivity contribution is -0.259. The van der Waals surface area contributed by atoms with Crippen molar-refractivity contribution in [1.29, 1.82) is 0 Å². The summed E-state index contributed by atoms with van der Waals surface area (Å²) in [6.45, 7) is 3.35. The van der Waals surface area contributed by atoms with E-state index in [-0.39, 0.29) is 28.7 Å². The number of carbonyl (C=O) groups is 4. The van der Waals surface area contributed by atoms with E-state index < -0.39 is 42.5 Å². The molecule has 186 valence electrons. The van der Waals surface area contributed by atoms with Gasteiger partial charge in [-0.1, -0.05) is 23.2 Å². The van der Waals surface area contributed by atoms with Gasteiger partial charge in [0.05, 0.1) is 11.6 Å². The average Bonchev–Trinajstić information content (AvgIpc) is 2.77. The van der Waals surface area contributed by atoms with E-state index in [1.54, 1.807) is 6.07 Å². The Hall–Kier alpha value is -3.14. The number of carbonyl (C=O) groups excluding carboxylic acids is 4. The fourth-order valence-corrected chi connectivity index (χ4v) is 3.95. The summed E-state index contributed by atoms with van der Waals surface area (Å²) in [4.78, 5) is 47.7. The number of ether oxygens (including phenoxy) is 5.